The number of hydrogen-bond donors (Lipinski definition) is 1. The summed E-state index contributed by atoms with van der Waals surface area (Å²) in [5.41, 5.74) is 0. The van der Waals surface area contributed by atoms with Gasteiger partial charge in [0.05, 0.1) is 5.92 Å². The molecule has 2 unspecified atom stereocenters. The maximum Gasteiger partial charge on any atom is 0.306 e. The summed E-state index contributed by atoms with van der Waals surface area (Å²) >= 11 is 0. The average Bonchev–Trinajstić information content (AvgIpc) is 2.51. The van der Waals surface area contributed by atoms with E-state index >= 15 is 0 Å². The number of rotatable bonds is 5. The first-order valence-corrected chi connectivity index (χ1v) is 5.94. The zero-order chi connectivity index (χ0) is 11.4. The number of hydrogen-bond acceptors (Lipinski definition) is 2. The van der Waals surface area contributed by atoms with Gasteiger partial charge in [-0.2, -0.15) is 0 Å². The second-order valence-corrected chi connectivity index (χ2v) is 5.28. The van der Waals surface area contributed by atoms with Gasteiger partial charge in [0.15, 0.2) is 0 Å². The highest BCUT2D eigenvalue weighted by Gasteiger charge is 2.26. The Morgan fingerprint density at radius 1 is 1.47 bits per heavy atom. The minimum absolute atomic E-state index is 0.186. The molecule has 0 aliphatic carbocycles. The number of carbonyl (C=O) groups is 1. The lowest BCUT2D eigenvalue weighted by Crippen LogP contribution is -2.26. The first-order chi connectivity index (χ1) is 6.99. The number of likely N-dealkylation sites (tertiary alicyclic amines) is 1. The third kappa shape index (κ3) is 4.20. The molecule has 0 aromatic heterocycles. The Morgan fingerprint density at radius 2 is 2.13 bits per heavy atom. The lowest BCUT2D eigenvalue weighted by molar-refractivity contribution is -0.141. The molecular weight excluding hydrogens is 190 g/mol. The zero-order valence-corrected chi connectivity index (χ0v) is 10.1. The molecule has 0 aromatic rings. The Bertz CT molecular complexity index is 216. The fourth-order valence-corrected chi connectivity index (χ4v) is 2.39. The predicted molar refractivity (Wildman–Crippen MR) is 60.8 cm³/mol. The van der Waals surface area contributed by atoms with Crippen molar-refractivity contribution in [2.24, 2.45) is 17.8 Å². The zero-order valence-electron chi connectivity index (χ0n) is 10.1. The van der Waals surface area contributed by atoms with Crippen LogP contribution in [0.3, 0.4) is 0 Å². The largest absolute Gasteiger partial charge is 0.481 e. The van der Waals surface area contributed by atoms with Gasteiger partial charge in [0, 0.05) is 13.1 Å². The van der Waals surface area contributed by atoms with Gasteiger partial charge < -0.3 is 10.0 Å². The van der Waals surface area contributed by atoms with Crippen LogP contribution in [0, 0.1) is 17.8 Å². The summed E-state index contributed by atoms with van der Waals surface area (Å²) in [5, 5.41) is 8.84. The highest BCUT2D eigenvalue weighted by atomic mass is 16.4. The molecule has 1 fully saturated rings. The minimum Gasteiger partial charge on any atom is -0.481 e. The molecular formula is C12H23NO2. The molecule has 15 heavy (non-hydrogen) atoms. The highest BCUT2D eigenvalue weighted by Crippen LogP contribution is 2.24. The van der Waals surface area contributed by atoms with Crippen LogP contribution in [-0.2, 0) is 4.79 Å². The molecule has 0 spiro atoms. The van der Waals surface area contributed by atoms with Gasteiger partial charge >= 0.3 is 5.97 Å². The van der Waals surface area contributed by atoms with Crippen molar-refractivity contribution in [2.75, 3.05) is 19.6 Å². The highest BCUT2D eigenvalue weighted by molar-refractivity contribution is 5.69. The van der Waals surface area contributed by atoms with E-state index in [1.54, 1.807) is 0 Å². The average molecular weight is 213 g/mol. The topological polar surface area (TPSA) is 40.5 Å². The van der Waals surface area contributed by atoms with Gasteiger partial charge in [0.25, 0.3) is 0 Å². The molecule has 3 nitrogen and oxygen atoms in total. The van der Waals surface area contributed by atoms with Gasteiger partial charge in [-0.1, -0.05) is 20.8 Å². The van der Waals surface area contributed by atoms with Crippen LogP contribution in [-0.4, -0.2) is 35.6 Å². The molecule has 1 aliphatic heterocycles. The second-order valence-electron chi connectivity index (χ2n) is 5.28. The van der Waals surface area contributed by atoms with Crippen molar-refractivity contribution >= 4 is 5.97 Å². The third-order valence-electron chi connectivity index (χ3n) is 3.10. The Morgan fingerprint density at radius 3 is 2.67 bits per heavy atom. The quantitative estimate of drug-likeness (QED) is 0.760. The van der Waals surface area contributed by atoms with E-state index in [2.05, 4.69) is 18.7 Å². The molecule has 88 valence electrons. The van der Waals surface area contributed by atoms with Crippen molar-refractivity contribution < 1.29 is 9.90 Å². The van der Waals surface area contributed by atoms with Crippen LogP contribution in [0.4, 0.5) is 0 Å². The maximum atomic E-state index is 10.7. The van der Waals surface area contributed by atoms with E-state index in [1.807, 2.05) is 6.92 Å². The molecule has 0 radical (unpaired) electrons. The van der Waals surface area contributed by atoms with Gasteiger partial charge in [-0.15, -0.1) is 0 Å². The van der Waals surface area contributed by atoms with Crippen LogP contribution in [0.25, 0.3) is 0 Å². The monoisotopic (exact) mass is 213 g/mol. The lowest BCUT2D eigenvalue weighted by Gasteiger charge is -2.18. The van der Waals surface area contributed by atoms with Crippen molar-refractivity contribution in [1.82, 2.24) is 4.90 Å². The maximum absolute atomic E-state index is 10.7. The molecule has 0 bridgehead atoms. The third-order valence-corrected chi connectivity index (χ3v) is 3.10. The molecule has 0 saturated carbocycles. The van der Waals surface area contributed by atoms with Crippen molar-refractivity contribution in [2.45, 2.75) is 33.6 Å². The van der Waals surface area contributed by atoms with Gasteiger partial charge in [-0.3, -0.25) is 4.79 Å². The van der Waals surface area contributed by atoms with Crippen LogP contribution < -0.4 is 0 Å². The first kappa shape index (κ1) is 12.5. The van der Waals surface area contributed by atoms with Gasteiger partial charge in [-0.05, 0) is 31.2 Å². The van der Waals surface area contributed by atoms with Crippen molar-refractivity contribution in [3.05, 3.63) is 0 Å². The molecule has 1 N–H and O–H groups in total. The fraction of sp³-hybridized carbons (Fsp3) is 0.917. The Labute approximate surface area is 92.5 Å². The molecule has 1 saturated heterocycles. The van der Waals surface area contributed by atoms with E-state index < -0.39 is 5.97 Å². The standard InChI is InChI=1S/C12H23NO2/c1-9(2)7-13-5-4-11(8-13)6-10(3)12(14)15/h9-11H,4-8H2,1-3H3,(H,14,15). The van der Waals surface area contributed by atoms with Crippen LogP contribution in [0.15, 0.2) is 0 Å². The Hall–Kier alpha value is -0.570. The molecule has 1 aliphatic rings. The number of carboxylic acid groups (broad SMARTS) is 1. The fourth-order valence-electron chi connectivity index (χ4n) is 2.39. The molecule has 1 heterocycles. The van der Waals surface area contributed by atoms with Gasteiger partial charge in [0.2, 0.25) is 0 Å². The summed E-state index contributed by atoms with van der Waals surface area (Å²) in [6.07, 6.45) is 2.01. The molecule has 0 amide bonds. The van der Waals surface area contributed by atoms with Crippen molar-refractivity contribution in [3.63, 3.8) is 0 Å². The van der Waals surface area contributed by atoms with Crippen LogP contribution in [0.1, 0.15) is 33.6 Å². The molecule has 2 atom stereocenters. The van der Waals surface area contributed by atoms with E-state index in [1.165, 1.54) is 6.42 Å². The van der Waals surface area contributed by atoms with E-state index in [9.17, 15) is 4.79 Å². The molecule has 1 rings (SSSR count). The summed E-state index contributed by atoms with van der Waals surface area (Å²) in [6.45, 7) is 9.66. The summed E-state index contributed by atoms with van der Waals surface area (Å²) in [5.74, 6) is 0.460. The lowest BCUT2D eigenvalue weighted by atomic mass is 9.95. The smallest absolute Gasteiger partial charge is 0.306 e. The second kappa shape index (κ2) is 5.50. The minimum atomic E-state index is -0.655. The van der Waals surface area contributed by atoms with E-state index in [-0.39, 0.29) is 5.92 Å². The normalized spacial score (nSPS) is 24.7. The predicted octanol–water partition coefficient (Wildman–Crippen LogP) is 2.08. The summed E-state index contributed by atoms with van der Waals surface area (Å²) in [4.78, 5) is 13.2. The Kier molecular flexibility index (Phi) is 4.58. The van der Waals surface area contributed by atoms with Crippen LogP contribution >= 0.6 is 0 Å². The Balaban J connectivity index is 2.27. The molecule has 0 aromatic carbocycles. The van der Waals surface area contributed by atoms with Crippen LogP contribution in [0.5, 0.6) is 0 Å². The molecule has 3 heteroatoms. The van der Waals surface area contributed by atoms with E-state index in [4.69, 9.17) is 5.11 Å². The van der Waals surface area contributed by atoms with E-state index in [0.29, 0.717) is 11.8 Å². The first-order valence-electron chi connectivity index (χ1n) is 5.94. The summed E-state index contributed by atoms with van der Waals surface area (Å²) < 4.78 is 0. The van der Waals surface area contributed by atoms with Crippen LogP contribution in [0.2, 0.25) is 0 Å². The number of aliphatic carboxylic acids is 1. The van der Waals surface area contributed by atoms with Crippen molar-refractivity contribution in [3.8, 4) is 0 Å². The van der Waals surface area contributed by atoms with Gasteiger partial charge in [-0.25, -0.2) is 0 Å². The van der Waals surface area contributed by atoms with Gasteiger partial charge in [0.1, 0.15) is 0 Å². The number of nitrogens with zero attached hydrogens (tertiary/aromatic N) is 1. The SMILES string of the molecule is CC(C)CN1CCC(CC(C)C(=O)O)C1. The summed E-state index contributed by atoms with van der Waals surface area (Å²) in [6, 6.07) is 0. The summed E-state index contributed by atoms with van der Waals surface area (Å²) in [7, 11) is 0. The number of carboxylic acids is 1. The van der Waals surface area contributed by atoms with E-state index in [0.717, 1.165) is 26.1 Å². The van der Waals surface area contributed by atoms with Crippen molar-refractivity contribution in [1.29, 1.82) is 0 Å².